The van der Waals surface area contributed by atoms with Crippen LogP contribution in [0.5, 0.6) is 0 Å². The maximum atomic E-state index is 11.8. The summed E-state index contributed by atoms with van der Waals surface area (Å²) in [4.78, 5) is 36.8. The minimum atomic E-state index is -1.26. The van der Waals surface area contributed by atoms with Crippen LogP contribution in [0.4, 0.5) is 0 Å². The van der Waals surface area contributed by atoms with E-state index in [0.717, 1.165) is 22.4 Å². The summed E-state index contributed by atoms with van der Waals surface area (Å²) in [6, 6.07) is 0.347. The summed E-state index contributed by atoms with van der Waals surface area (Å²) in [7, 11) is 0. The van der Waals surface area contributed by atoms with Gasteiger partial charge in [0.15, 0.2) is 0 Å². The van der Waals surface area contributed by atoms with Gasteiger partial charge in [0.1, 0.15) is 24.1 Å². The molecule has 140 valence electrons. The SMILES string of the molecule is NCCC[C@H](N)C(=O)OC[C@H]1S[C@@H](n2ccc(=O)[nH]c2=O)C(O)C1O. The van der Waals surface area contributed by atoms with Gasteiger partial charge < -0.3 is 26.4 Å². The lowest BCUT2D eigenvalue weighted by Crippen LogP contribution is -2.38. The fourth-order valence-corrected chi connectivity index (χ4v) is 3.90. The summed E-state index contributed by atoms with van der Waals surface area (Å²) in [6.07, 6.45) is -0.239. The van der Waals surface area contributed by atoms with E-state index in [2.05, 4.69) is 4.98 Å². The number of hydrogen-bond donors (Lipinski definition) is 5. The summed E-state index contributed by atoms with van der Waals surface area (Å²) in [5.74, 6) is -0.611. The van der Waals surface area contributed by atoms with Crippen LogP contribution in [0.25, 0.3) is 0 Å². The molecule has 11 heteroatoms. The molecule has 1 aromatic heterocycles. The second kappa shape index (κ2) is 8.63. The predicted octanol–water partition coefficient (Wildman–Crippen LogP) is -2.52. The van der Waals surface area contributed by atoms with Crippen molar-refractivity contribution >= 4 is 17.7 Å². The number of carbonyl (C=O) groups excluding carboxylic acids is 1. The third kappa shape index (κ3) is 4.70. The number of nitrogens with two attached hydrogens (primary N) is 2. The van der Waals surface area contributed by atoms with E-state index in [-0.39, 0.29) is 6.61 Å². The average molecular weight is 374 g/mol. The zero-order valence-electron chi connectivity index (χ0n) is 13.4. The van der Waals surface area contributed by atoms with E-state index in [0.29, 0.717) is 19.4 Å². The summed E-state index contributed by atoms with van der Waals surface area (Å²) >= 11 is 1.07. The molecule has 1 fully saturated rings. The average Bonchev–Trinajstić information content (AvgIpc) is 2.85. The number of carbonyl (C=O) groups is 1. The van der Waals surface area contributed by atoms with Crippen LogP contribution in [-0.4, -0.2) is 62.4 Å². The fourth-order valence-electron chi connectivity index (χ4n) is 2.45. The summed E-state index contributed by atoms with van der Waals surface area (Å²) in [6.45, 7) is 0.257. The Morgan fingerprint density at radius 3 is 2.76 bits per heavy atom. The second-order valence-corrected chi connectivity index (χ2v) is 7.09. The first kappa shape index (κ1) is 19.7. The van der Waals surface area contributed by atoms with Crippen molar-refractivity contribution in [3.05, 3.63) is 33.1 Å². The number of H-pyrrole nitrogens is 1. The van der Waals surface area contributed by atoms with E-state index >= 15 is 0 Å². The van der Waals surface area contributed by atoms with Crippen molar-refractivity contribution in [3.63, 3.8) is 0 Å². The highest BCUT2D eigenvalue weighted by molar-refractivity contribution is 8.00. The Labute approximate surface area is 147 Å². The molecule has 5 atom stereocenters. The highest BCUT2D eigenvalue weighted by Gasteiger charge is 2.44. The summed E-state index contributed by atoms with van der Waals surface area (Å²) in [5, 5.41) is 18.8. The first-order chi connectivity index (χ1) is 11.8. The first-order valence-electron chi connectivity index (χ1n) is 7.80. The van der Waals surface area contributed by atoms with Crippen LogP contribution in [0.15, 0.2) is 21.9 Å². The number of hydrogen-bond acceptors (Lipinski definition) is 9. The molecular weight excluding hydrogens is 352 g/mol. The molecule has 2 rings (SSSR count). The number of ether oxygens (including phenoxy) is 1. The van der Waals surface area contributed by atoms with Gasteiger partial charge in [-0.05, 0) is 19.4 Å². The molecule has 1 aliphatic rings. The van der Waals surface area contributed by atoms with Crippen molar-refractivity contribution in [1.82, 2.24) is 9.55 Å². The van der Waals surface area contributed by atoms with E-state index in [1.165, 1.54) is 6.20 Å². The van der Waals surface area contributed by atoms with Crippen molar-refractivity contribution in [2.24, 2.45) is 11.5 Å². The number of aromatic amines is 1. The Balaban J connectivity index is 1.99. The first-order valence-corrected chi connectivity index (χ1v) is 8.74. The van der Waals surface area contributed by atoms with Crippen molar-refractivity contribution in [2.75, 3.05) is 13.2 Å². The number of esters is 1. The molecule has 0 amide bonds. The van der Waals surface area contributed by atoms with Crippen molar-refractivity contribution in [3.8, 4) is 0 Å². The molecule has 1 saturated heterocycles. The van der Waals surface area contributed by atoms with Gasteiger partial charge in [-0.2, -0.15) is 0 Å². The molecule has 0 aliphatic carbocycles. The van der Waals surface area contributed by atoms with Crippen LogP contribution < -0.4 is 22.7 Å². The zero-order valence-corrected chi connectivity index (χ0v) is 14.2. The van der Waals surface area contributed by atoms with Gasteiger partial charge in [-0.1, -0.05) is 0 Å². The van der Waals surface area contributed by atoms with Crippen LogP contribution in [0, 0.1) is 0 Å². The number of nitrogens with one attached hydrogen (secondary N) is 1. The van der Waals surface area contributed by atoms with Crippen molar-refractivity contribution in [1.29, 1.82) is 0 Å². The monoisotopic (exact) mass is 374 g/mol. The van der Waals surface area contributed by atoms with Crippen LogP contribution in [0.1, 0.15) is 18.2 Å². The van der Waals surface area contributed by atoms with Crippen molar-refractivity contribution in [2.45, 2.75) is 41.7 Å². The Morgan fingerprint density at radius 2 is 2.12 bits per heavy atom. The smallest absolute Gasteiger partial charge is 0.329 e. The van der Waals surface area contributed by atoms with Crippen LogP contribution in [0.2, 0.25) is 0 Å². The molecule has 1 aliphatic heterocycles. The molecule has 0 spiro atoms. The normalized spacial score (nSPS) is 27.2. The van der Waals surface area contributed by atoms with Gasteiger partial charge in [0.25, 0.3) is 5.56 Å². The van der Waals surface area contributed by atoms with Gasteiger partial charge in [0.05, 0.1) is 11.4 Å². The summed E-state index contributed by atoms with van der Waals surface area (Å²) in [5.41, 5.74) is 9.77. The molecule has 2 heterocycles. The van der Waals surface area contributed by atoms with Crippen LogP contribution >= 0.6 is 11.8 Å². The maximum Gasteiger partial charge on any atom is 0.329 e. The van der Waals surface area contributed by atoms with Gasteiger partial charge in [0, 0.05) is 12.3 Å². The maximum absolute atomic E-state index is 11.8. The van der Waals surface area contributed by atoms with Gasteiger partial charge >= 0.3 is 11.7 Å². The molecular formula is C14H22N4O6S. The van der Waals surface area contributed by atoms with Gasteiger partial charge in [-0.15, -0.1) is 11.8 Å². The molecule has 0 radical (unpaired) electrons. The van der Waals surface area contributed by atoms with Crippen LogP contribution in [0.3, 0.4) is 0 Å². The Kier molecular flexibility index (Phi) is 6.79. The third-order valence-corrected chi connectivity index (χ3v) is 5.42. The van der Waals surface area contributed by atoms with Crippen molar-refractivity contribution < 1.29 is 19.7 Å². The lowest BCUT2D eigenvalue weighted by atomic mass is 10.1. The highest BCUT2D eigenvalue weighted by atomic mass is 32.2. The molecule has 0 aromatic carbocycles. The van der Waals surface area contributed by atoms with Gasteiger partial charge in [-0.3, -0.25) is 19.1 Å². The fraction of sp³-hybridized carbons (Fsp3) is 0.643. The van der Waals surface area contributed by atoms with Gasteiger partial charge in [0.2, 0.25) is 0 Å². The third-order valence-electron chi connectivity index (χ3n) is 3.87. The topological polar surface area (TPSA) is 174 Å². The van der Waals surface area contributed by atoms with E-state index in [1.54, 1.807) is 0 Å². The minimum absolute atomic E-state index is 0.160. The highest BCUT2D eigenvalue weighted by Crippen LogP contribution is 2.41. The Hall–Kier alpha value is -1.66. The van der Waals surface area contributed by atoms with E-state index < -0.39 is 46.1 Å². The molecule has 7 N–H and O–H groups in total. The molecule has 25 heavy (non-hydrogen) atoms. The Morgan fingerprint density at radius 1 is 1.40 bits per heavy atom. The number of thioether (sulfide) groups is 1. The number of rotatable bonds is 7. The van der Waals surface area contributed by atoms with E-state index in [9.17, 15) is 24.6 Å². The minimum Gasteiger partial charge on any atom is -0.463 e. The lowest BCUT2D eigenvalue weighted by molar-refractivity contribution is -0.146. The number of aliphatic hydroxyl groups excluding tert-OH is 2. The largest absolute Gasteiger partial charge is 0.463 e. The quantitative estimate of drug-likeness (QED) is 0.323. The second-order valence-electron chi connectivity index (χ2n) is 5.73. The van der Waals surface area contributed by atoms with Crippen LogP contribution in [-0.2, 0) is 9.53 Å². The molecule has 10 nitrogen and oxygen atoms in total. The van der Waals surface area contributed by atoms with Gasteiger partial charge in [-0.25, -0.2) is 4.79 Å². The Bertz CT molecular complexity index is 707. The van der Waals surface area contributed by atoms with E-state index in [1.807, 2.05) is 0 Å². The predicted molar refractivity (Wildman–Crippen MR) is 91.0 cm³/mol. The summed E-state index contributed by atoms with van der Waals surface area (Å²) < 4.78 is 6.22. The number of aliphatic hydroxyl groups is 2. The molecule has 0 bridgehead atoms. The zero-order chi connectivity index (χ0) is 18.6. The van der Waals surface area contributed by atoms with E-state index in [4.69, 9.17) is 16.2 Å². The molecule has 0 saturated carbocycles. The number of aromatic nitrogens is 2. The lowest BCUT2D eigenvalue weighted by Gasteiger charge is -2.17. The molecule has 2 unspecified atom stereocenters. The number of nitrogens with zero attached hydrogens (tertiary/aromatic N) is 1. The standard InChI is InChI=1S/C14H22N4O6S/c15-4-1-2-7(16)13(22)24-6-8-10(20)11(21)12(25-8)18-5-3-9(19)17-14(18)23/h3,5,7-8,10-12,20-21H,1-2,4,6,15-16H2,(H,17,19,23)/t7-,8+,10?,11?,12+/m0/s1. The molecule has 1 aromatic rings.